The number of H-pyrrole nitrogens is 1. The van der Waals surface area contributed by atoms with Crippen LogP contribution in [0, 0.1) is 6.92 Å². The SMILES string of the molecule is Cc1ccc2[nH]nnc2c1C=O. The molecule has 1 heterocycles. The first-order valence-electron chi connectivity index (χ1n) is 3.58. The number of aromatic amines is 1. The molecule has 4 nitrogen and oxygen atoms in total. The molecule has 0 aliphatic carbocycles. The molecule has 0 bridgehead atoms. The predicted octanol–water partition coefficient (Wildman–Crippen LogP) is 1.08. The minimum Gasteiger partial charge on any atom is -0.298 e. The lowest BCUT2D eigenvalue weighted by atomic mass is 10.1. The first-order chi connectivity index (χ1) is 5.83. The zero-order valence-electron chi connectivity index (χ0n) is 6.53. The Hall–Kier alpha value is -1.71. The van der Waals surface area contributed by atoms with E-state index in [-0.39, 0.29) is 0 Å². The summed E-state index contributed by atoms with van der Waals surface area (Å²) >= 11 is 0. The summed E-state index contributed by atoms with van der Waals surface area (Å²) in [7, 11) is 0. The largest absolute Gasteiger partial charge is 0.298 e. The van der Waals surface area contributed by atoms with Crippen molar-refractivity contribution < 1.29 is 4.79 Å². The van der Waals surface area contributed by atoms with E-state index >= 15 is 0 Å². The second-order valence-electron chi connectivity index (χ2n) is 2.62. The van der Waals surface area contributed by atoms with Crippen LogP contribution in [-0.4, -0.2) is 21.7 Å². The van der Waals surface area contributed by atoms with Crippen LogP contribution < -0.4 is 0 Å². The molecule has 0 aliphatic rings. The first-order valence-corrected chi connectivity index (χ1v) is 3.58. The maximum Gasteiger partial charge on any atom is 0.152 e. The number of nitrogens with zero attached hydrogens (tertiary/aromatic N) is 2. The van der Waals surface area contributed by atoms with Crippen LogP contribution in [0.15, 0.2) is 12.1 Å². The molecule has 0 amide bonds. The molecule has 0 spiro atoms. The van der Waals surface area contributed by atoms with Gasteiger partial charge in [0.1, 0.15) is 5.52 Å². The lowest BCUT2D eigenvalue weighted by Gasteiger charge is -1.95. The van der Waals surface area contributed by atoms with Gasteiger partial charge in [0.2, 0.25) is 0 Å². The van der Waals surface area contributed by atoms with Gasteiger partial charge in [-0.15, -0.1) is 5.10 Å². The number of fused-ring (bicyclic) bond motifs is 1. The third-order valence-corrected chi connectivity index (χ3v) is 1.87. The Morgan fingerprint density at radius 2 is 2.33 bits per heavy atom. The van der Waals surface area contributed by atoms with Crippen LogP contribution in [0.2, 0.25) is 0 Å². The Labute approximate surface area is 68.6 Å². The normalized spacial score (nSPS) is 10.4. The molecule has 4 heteroatoms. The van der Waals surface area contributed by atoms with E-state index in [2.05, 4.69) is 15.4 Å². The lowest BCUT2D eigenvalue weighted by Crippen LogP contribution is -1.87. The lowest BCUT2D eigenvalue weighted by molar-refractivity contribution is 0.112. The van der Waals surface area contributed by atoms with Gasteiger partial charge >= 0.3 is 0 Å². The van der Waals surface area contributed by atoms with E-state index in [1.807, 2.05) is 19.1 Å². The summed E-state index contributed by atoms with van der Waals surface area (Å²) in [5.74, 6) is 0. The van der Waals surface area contributed by atoms with Crippen molar-refractivity contribution in [3.8, 4) is 0 Å². The molecular weight excluding hydrogens is 154 g/mol. The Morgan fingerprint density at radius 1 is 1.50 bits per heavy atom. The summed E-state index contributed by atoms with van der Waals surface area (Å²) in [6, 6.07) is 3.73. The molecule has 0 atom stereocenters. The minimum absolute atomic E-state index is 0.612. The van der Waals surface area contributed by atoms with Crippen molar-refractivity contribution >= 4 is 17.3 Å². The van der Waals surface area contributed by atoms with Crippen molar-refractivity contribution in [1.29, 1.82) is 0 Å². The van der Waals surface area contributed by atoms with Crippen molar-refractivity contribution in [2.24, 2.45) is 0 Å². The highest BCUT2D eigenvalue weighted by Gasteiger charge is 2.05. The Kier molecular flexibility index (Phi) is 1.40. The first kappa shape index (κ1) is 6.97. The molecule has 0 unspecified atom stereocenters. The highest BCUT2D eigenvalue weighted by Crippen LogP contribution is 2.15. The Balaban J connectivity index is 2.91. The Morgan fingerprint density at radius 3 is 3.08 bits per heavy atom. The number of aryl methyl sites for hydroxylation is 1. The monoisotopic (exact) mass is 161 g/mol. The number of hydrogen-bond donors (Lipinski definition) is 1. The molecule has 0 saturated heterocycles. The van der Waals surface area contributed by atoms with Crippen LogP contribution >= 0.6 is 0 Å². The molecule has 2 aromatic rings. The number of carbonyl (C=O) groups is 1. The average molecular weight is 161 g/mol. The van der Waals surface area contributed by atoms with Crippen LogP contribution in [-0.2, 0) is 0 Å². The van der Waals surface area contributed by atoms with Gasteiger partial charge in [-0.2, -0.15) is 0 Å². The van der Waals surface area contributed by atoms with Gasteiger partial charge < -0.3 is 0 Å². The Bertz CT molecular complexity index is 433. The molecule has 60 valence electrons. The van der Waals surface area contributed by atoms with Gasteiger partial charge in [0.15, 0.2) is 6.29 Å². The molecule has 2 rings (SSSR count). The molecular formula is C8H7N3O. The van der Waals surface area contributed by atoms with Gasteiger partial charge in [0.25, 0.3) is 0 Å². The number of nitrogens with one attached hydrogen (secondary N) is 1. The predicted molar refractivity (Wildman–Crippen MR) is 44.0 cm³/mol. The zero-order chi connectivity index (χ0) is 8.55. The minimum atomic E-state index is 0.612. The third kappa shape index (κ3) is 0.812. The van der Waals surface area contributed by atoms with Gasteiger partial charge in [0.05, 0.1) is 5.52 Å². The van der Waals surface area contributed by atoms with E-state index < -0.39 is 0 Å². The fourth-order valence-electron chi connectivity index (χ4n) is 1.18. The van der Waals surface area contributed by atoms with Crippen molar-refractivity contribution in [3.63, 3.8) is 0 Å². The number of hydrogen-bond acceptors (Lipinski definition) is 3. The topological polar surface area (TPSA) is 58.6 Å². The van der Waals surface area contributed by atoms with E-state index in [9.17, 15) is 4.79 Å². The summed E-state index contributed by atoms with van der Waals surface area (Å²) in [6.07, 6.45) is 0.806. The summed E-state index contributed by atoms with van der Waals surface area (Å²) in [4.78, 5) is 10.7. The highest BCUT2D eigenvalue weighted by molar-refractivity contribution is 5.95. The van der Waals surface area contributed by atoms with E-state index in [0.29, 0.717) is 11.1 Å². The van der Waals surface area contributed by atoms with Crippen LogP contribution in [0.3, 0.4) is 0 Å². The quantitative estimate of drug-likeness (QED) is 0.636. The highest BCUT2D eigenvalue weighted by atomic mass is 16.1. The summed E-state index contributed by atoms with van der Waals surface area (Å²) in [5, 5.41) is 10.1. The van der Waals surface area contributed by atoms with Crippen molar-refractivity contribution in [1.82, 2.24) is 15.4 Å². The fourth-order valence-corrected chi connectivity index (χ4v) is 1.18. The molecule has 0 fully saturated rings. The van der Waals surface area contributed by atoms with Crippen LogP contribution in [0.5, 0.6) is 0 Å². The second-order valence-corrected chi connectivity index (χ2v) is 2.62. The third-order valence-electron chi connectivity index (χ3n) is 1.87. The van der Waals surface area contributed by atoms with Crippen molar-refractivity contribution in [2.45, 2.75) is 6.92 Å². The maximum atomic E-state index is 10.7. The molecule has 1 aromatic carbocycles. The van der Waals surface area contributed by atoms with Gasteiger partial charge in [-0.3, -0.25) is 9.89 Å². The van der Waals surface area contributed by atoms with Gasteiger partial charge in [-0.1, -0.05) is 11.3 Å². The van der Waals surface area contributed by atoms with E-state index in [0.717, 1.165) is 17.4 Å². The van der Waals surface area contributed by atoms with Crippen LogP contribution in [0.1, 0.15) is 15.9 Å². The maximum absolute atomic E-state index is 10.7. The molecule has 1 aromatic heterocycles. The molecule has 0 saturated carbocycles. The van der Waals surface area contributed by atoms with Crippen LogP contribution in [0.4, 0.5) is 0 Å². The number of aromatic nitrogens is 3. The van der Waals surface area contributed by atoms with Crippen molar-refractivity contribution in [3.05, 3.63) is 23.3 Å². The second kappa shape index (κ2) is 2.41. The zero-order valence-corrected chi connectivity index (χ0v) is 6.53. The summed E-state index contributed by atoms with van der Waals surface area (Å²) < 4.78 is 0. The van der Waals surface area contributed by atoms with Gasteiger partial charge in [-0.05, 0) is 18.6 Å². The summed E-state index contributed by atoms with van der Waals surface area (Å²) in [6.45, 7) is 1.87. The fraction of sp³-hybridized carbons (Fsp3) is 0.125. The standard InChI is InChI=1S/C8H7N3O/c1-5-2-3-7-8(6(5)4-12)10-11-9-7/h2-4H,1H3,(H,9,10,11). The molecule has 1 N–H and O–H groups in total. The number of rotatable bonds is 1. The number of benzene rings is 1. The van der Waals surface area contributed by atoms with Crippen molar-refractivity contribution in [2.75, 3.05) is 0 Å². The smallest absolute Gasteiger partial charge is 0.152 e. The number of aldehydes is 1. The van der Waals surface area contributed by atoms with Gasteiger partial charge in [0, 0.05) is 5.56 Å². The number of carbonyl (C=O) groups excluding carboxylic acids is 1. The van der Waals surface area contributed by atoms with Gasteiger partial charge in [-0.25, -0.2) is 0 Å². The molecule has 12 heavy (non-hydrogen) atoms. The average Bonchev–Trinajstić information content (AvgIpc) is 2.52. The van der Waals surface area contributed by atoms with E-state index in [1.165, 1.54) is 0 Å². The van der Waals surface area contributed by atoms with E-state index in [4.69, 9.17) is 0 Å². The molecule has 0 aliphatic heterocycles. The summed E-state index contributed by atoms with van der Waals surface area (Å²) in [5.41, 5.74) is 2.97. The molecule has 0 radical (unpaired) electrons. The van der Waals surface area contributed by atoms with Crippen LogP contribution in [0.25, 0.3) is 11.0 Å². The van der Waals surface area contributed by atoms with E-state index in [1.54, 1.807) is 0 Å².